The number of hydrogen-bond donors (Lipinski definition) is 2. The molecule has 4 heterocycles. The van der Waals surface area contributed by atoms with E-state index in [2.05, 4.69) is 31.7 Å². The minimum absolute atomic E-state index is 0.0313. The van der Waals surface area contributed by atoms with Crippen molar-refractivity contribution in [1.29, 1.82) is 5.26 Å². The van der Waals surface area contributed by atoms with Crippen LogP contribution in [0.15, 0.2) is 67.4 Å². The van der Waals surface area contributed by atoms with Crippen molar-refractivity contribution in [2.75, 3.05) is 24.9 Å². The van der Waals surface area contributed by atoms with E-state index in [9.17, 15) is 18.8 Å². The second-order valence-corrected chi connectivity index (χ2v) is 9.74. The zero-order valence-corrected chi connectivity index (χ0v) is 23.7. The van der Waals surface area contributed by atoms with Crippen LogP contribution in [-0.4, -0.2) is 44.0 Å². The Morgan fingerprint density at radius 1 is 1.02 bits per heavy atom. The summed E-state index contributed by atoms with van der Waals surface area (Å²) in [7, 11) is 5.00. The van der Waals surface area contributed by atoms with E-state index >= 15 is 0 Å². The number of imidazole rings is 1. The number of hydrogen-bond acceptors (Lipinski definition) is 8. The molecule has 0 saturated carbocycles. The summed E-state index contributed by atoms with van der Waals surface area (Å²) in [6.45, 7) is 0.377. The SMILES string of the molecule is COc1ccc(CNc2ncnc3c2c(-c2ccn4c(C(=O)Nc5cc(F)ccc5F)cnc4c2C#N)cn3C)c(OC)c1. The summed E-state index contributed by atoms with van der Waals surface area (Å²) in [6.07, 6.45) is 6.16. The van der Waals surface area contributed by atoms with Gasteiger partial charge in [0.05, 0.1) is 31.5 Å². The number of nitrogens with one attached hydrogen (secondary N) is 2. The molecule has 6 rings (SSSR count). The Bertz CT molecular complexity index is 2120. The van der Waals surface area contributed by atoms with E-state index in [-0.39, 0.29) is 22.6 Å². The fourth-order valence-electron chi connectivity index (χ4n) is 5.06. The van der Waals surface area contributed by atoms with E-state index in [1.807, 2.05) is 29.9 Å². The zero-order valence-electron chi connectivity index (χ0n) is 23.7. The van der Waals surface area contributed by atoms with Gasteiger partial charge >= 0.3 is 0 Å². The number of methoxy groups -OCH3 is 2. The van der Waals surface area contributed by atoms with Gasteiger partial charge < -0.3 is 24.7 Å². The summed E-state index contributed by atoms with van der Waals surface area (Å²) in [5.41, 5.74) is 2.83. The number of ether oxygens (including phenoxy) is 2. The third kappa shape index (κ3) is 4.88. The number of amides is 1. The van der Waals surface area contributed by atoms with E-state index in [4.69, 9.17) is 9.47 Å². The van der Waals surface area contributed by atoms with Gasteiger partial charge in [0.25, 0.3) is 5.91 Å². The van der Waals surface area contributed by atoms with E-state index in [0.717, 1.165) is 23.8 Å². The fourth-order valence-corrected chi connectivity index (χ4v) is 5.06. The smallest absolute Gasteiger partial charge is 0.274 e. The Morgan fingerprint density at radius 2 is 1.86 bits per heavy atom. The number of rotatable bonds is 8. The van der Waals surface area contributed by atoms with Crippen LogP contribution >= 0.6 is 0 Å². The van der Waals surface area contributed by atoms with Crippen molar-refractivity contribution in [3.8, 4) is 28.7 Å². The number of benzene rings is 2. The average Bonchev–Trinajstić information content (AvgIpc) is 3.62. The Hall–Kier alpha value is -6.03. The maximum atomic E-state index is 14.2. The van der Waals surface area contributed by atoms with Crippen molar-refractivity contribution in [3.05, 3.63) is 95.8 Å². The van der Waals surface area contributed by atoms with Crippen LogP contribution in [-0.2, 0) is 13.6 Å². The Morgan fingerprint density at radius 3 is 2.64 bits per heavy atom. The number of nitriles is 1. The molecule has 6 aromatic rings. The predicted molar refractivity (Wildman–Crippen MR) is 159 cm³/mol. The monoisotopic (exact) mass is 594 g/mol. The third-order valence-corrected chi connectivity index (χ3v) is 7.19. The molecule has 220 valence electrons. The lowest BCUT2D eigenvalue weighted by Gasteiger charge is -2.13. The molecule has 4 aromatic heterocycles. The molecule has 0 fully saturated rings. The molecule has 0 bridgehead atoms. The number of pyridine rings is 1. The topological polar surface area (TPSA) is 131 Å². The second kappa shape index (κ2) is 11.3. The number of halogens is 2. The number of fused-ring (bicyclic) bond motifs is 2. The highest BCUT2D eigenvalue weighted by atomic mass is 19.1. The summed E-state index contributed by atoms with van der Waals surface area (Å²) < 4.78 is 41.9. The summed E-state index contributed by atoms with van der Waals surface area (Å²) in [5.74, 6) is -0.369. The Balaban J connectivity index is 1.39. The number of nitrogens with zero attached hydrogens (tertiary/aromatic N) is 6. The molecular weight excluding hydrogens is 570 g/mol. The van der Waals surface area contributed by atoms with Gasteiger partial charge in [-0.3, -0.25) is 9.20 Å². The van der Waals surface area contributed by atoms with Gasteiger partial charge in [-0.15, -0.1) is 0 Å². The van der Waals surface area contributed by atoms with Crippen LogP contribution in [0, 0.1) is 23.0 Å². The van der Waals surface area contributed by atoms with Gasteiger partial charge in [-0.2, -0.15) is 5.26 Å². The van der Waals surface area contributed by atoms with Crippen LogP contribution in [0.1, 0.15) is 21.6 Å². The molecule has 0 aliphatic carbocycles. The van der Waals surface area contributed by atoms with E-state index in [0.29, 0.717) is 46.0 Å². The number of carbonyl (C=O) groups excluding carboxylic acids is 1. The van der Waals surface area contributed by atoms with Crippen LogP contribution in [0.2, 0.25) is 0 Å². The molecule has 0 radical (unpaired) electrons. The van der Waals surface area contributed by atoms with Gasteiger partial charge in [-0.25, -0.2) is 23.7 Å². The van der Waals surface area contributed by atoms with Gasteiger partial charge in [-0.05, 0) is 30.3 Å². The standard InChI is InChI=1S/C31H24F2N8O3/c1-40-15-22(27-28(37-16-38-30(27)40)35-13-17-4-6-19(43-2)11-26(17)44-3)20-8-9-41-25(14-36-29(41)21(20)12-34)31(42)39-24-10-18(32)5-7-23(24)33/h4-11,14-16H,13H2,1-3H3,(H,39,42)(H,35,37,38). The second-order valence-electron chi connectivity index (χ2n) is 9.74. The first-order chi connectivity index (χ1) is 21.3. The van der Waals surface area contributed by atoms with E-state index in [1.165, 1.54) is 16.9 Å². The molecule has 0 atom stereocenters. The minimum atomic E-state index is -0.790. The van der Waals surface area contributed by atoms with Crippen molar-refractivity contribution in [2.24, 2.45) is 7.05 Å². The predicted octanol–water partition coefficient (Wildman–Crippen LogP) is 5.31. The number of anilines is 2. The lowest BCUT2D eigenvalue weighted by Crippen LogP contribution is -2.15. The maximum absolute atomic E-state index is 14.2. The van der Waals surface area contributed by atoms with Crippen LogP contribution < -0.4 is 20.1 Å². The largest absolute Gasteiger partial charge is 0.497 e. The normalized spacial score (nSPS) is 11.0. The minimum Gasteiger partial charge on any atom is -0.497 e. The molecule has 2 aromatic carbocycles. The van der Waals surface area contributed by atoms with E-state index < -0.39 is 17.5 Å². The van der Waals surface area contributed by atoms with Crippen LogP contribution in [0.3, 0.4) is 0 Å². The number of carbonyl (C=O) groups is 1. The molecule has 0 saturated heterocycles. The molecule has 0 unspecified atom stereocenters. The third-order valence-electron chi connectivity index (χ3n) is 7.19. The average molecular weight is 595 g/mol. The highest BCUT2D eigenvalue weighted by molar-refractivity contribution is 6.05. The molecule has 1 amide bonds. The highest BCUT2D eigenvalue weighted by Gasteiger charge is 2.22. The van der Waals surface area contributed by atoms with Crippen molar-refractivity contribution in [1.82, 2.24) is 23.9 Å². The van der Waals surface area contributed by atoms with Gasteiger partial charge in [0, 0.05) is 54.8 Å². The van der Waals surface area contributed by atoms with Crippen molar-refractivity contribution in [2.45, 2.75) is 6.54 Å². The Labute approximate surface area is 249 Å². The van der Waals surface area contributed by atoms with E-state index in [1.54, 1.807) is 32.5 Å². The molecule has 0 spiro atoms. The van der Waals surface area contributed by atoms with Gasteiger partial charge in [0.1, 0.15) is 58.3 Å². The van der Waals surface area contributed by atoms with Gasteiger partial charge in [0.15, 0.2) is 5.65 Å². The first kappa shape index (κ1) is 28.1. The molecule has 11 nitrogen and oxygen atoms in total. The summed E-state index contributed by atoms with van der Waals surface area (Å²) >= 11 is 0. The number of aromatic nitrogens is 5. The first-order valence-corrected chi connectivity index (χ1v) is 13.2. The molecular formula is C31H24F2N8O3. The fraction of sp³-hybridized carbons (Fsp3) is 0.129. The molecule has 0 aliphatic heterocycles. The van der Waals surface area contributed by atoms with Gasteiger partial charge in [0.2, 0.25) is 0 Å². The van der Waals surface area contributed by atoms with Crippen molar-refractivity contribution in [3.63, 3.8) is 0 Å². The quantitative estimate of drug-likeness (QED) is 0.242. The van der Waals surface area contributed by atoms with Crippen molar-refractivity contribution >= 4 is 34.1 Å². The summed E-state index contributed by atoms with van der Waals surface area (Å²) in [5, 5.41) is 16.7. The molecule has 13 heteroatoms. The summed E-state index contributed by atoms with van der Waals surface area (Å²) in [6, 6.07) is 12.2. The molecule has 2 N–H and O–H groups in total. The molecule has 0 aliphatic rings. The highest BCUT2D eigenvalue weighted by Crippen LogP contribution is 2.37. The first-order valence-electron chi connectivity index (χ1n) is 13.2. The zero-order chi connectivity index (χ0) is 31.0. The maximum Gasteiger partial charge on any atom is 0.274 e. The van der Waals surface area contributed by atoms with Crippen LogP contribution in [0.25, 0.3) is 27.8 Å². The number of aryl methyl sites for hydroxylation is 1. The van der Waals surface area contributed by atoms with Gasteiger partial charge in [-0.1, -0.05) is 0 Å². The molecule has 44 heavy (non-hydrogen) atoms. The van der Waals surface area contributed by atoms with Crippen LogP contribution in [0.5, 0.6) is 11.5 Å². The van der Waals surface area contributed by atoms with Crippen molar-refractivity contribution < 1.29 is 23.0 Å². The van der Waals surface area contributed by atoms with Crippen LogP contribution in [0.4, 0.5) is 20.3 Å². The lowest BCUT2D eigenvalue weighted by atomic mass is 10.0. The lowest BCUT2D eigenvalue weighted by molar-refractivity contribution is 0.102. The summed E-state index contributed by atoms with van der Waals surface area (Å²) in [4.78, 5) is 26.3. The Kier molecular flexibility index (Phi) is 7.24.